The second kappa shape index (κ2) is 5.91. The lowest BCUT2D eigenvalue weighted by atomic mass is 9.85. The van der Waals surface area contributed by atoms with Crippen LogP contribution in [0.25, 0.3) is 0 Å². The van der Waals surface area contributed by atoms with Crippen molar-refractivity contribution < 1.29 is 14.6 Å². The topological polar surface area (TPSA) is 46.5 Å². The van der Waals surface area contributed by atoms with E-state index in [-0.39, 0.29) is 18.3 Å². The van der Waals surface area contributed by atoms with Gasteiger partial charge in [-0.3, -0.25) is 4.79 Å². The zero-order valence-electron chi connectivity index (χ0n) is 9.53. The van der Waals surface area contributed by atoms with E-state index in [9.17, 15) is 9.90 Å². The molecule has 2 unspecified atom stereocenters. The Hall–Kier alpha value is -0.830. The molecule has 86 valence electrons. The van der Waals surface area contributed by atoms with Crippen LogP contribution in [0.4, 0.5) is 0 Å². The fraction of sp³-hybridized carbons (Fsp3) is 0.750. The Bertz CT molecular complexity index is 245. The van der Waals surface area contributed by atoms with Gasteiger partial charge >= 0.3 is 5.97 Å². The number of aliphatic hydroxyl groups is 1. The zero-order chi connectivity index (χ0) is 11.3. The summed E-state index contributed by atoms with van der Waals surface area (Å²) in [6.07, 6.45) is 4.63. The molecule has 0 aromatic carbocycles. The van der Waals surface area contributed by atoms with Crippen molar-refractivity contribution in [1.82, 2.24) is 0 Å². The molecule has 0 saturated heterocycles. The van der Waals surface area contributed by atoms with E-state index < -0.39 is 6.10 Å². The monoisotopic (exact) mass is 212 g/mol. The average Bonchev–Trinajstić information content (AvgIpc) is 2.18. The van der Waals surface area contributed by atoms with Crippen LogP contribution in [-0.2, 0) is 9.53 Å². The maximum atomic E-state index is 11.2. The molecule has 0 saturated carbocycles. The molecule has 0 bridgehead atoms. The number of rotatable bonds is 4. The maximum absolute atomic E-state index is 11.2. The van der Waals surface area contributed by atoms with Crippen LogP contribution in [0.5, 0.6) is 0 Å². The van der Waals surface area contributed by atoms with Crippen LogP contribution in [0.2, 0.25) is 0 Å². The Balaban J connectivity index is 2.34. The largest absolute Gasteiger partial charge is 0.466 e. The molecule has 0 fully saturated rings. The second-order valence-corrected chi connectivity index (χ2v) is 4.16. The lowest BCUT2D eigenvalue weighted by Gasteiger charge is -2.24. The summed E-state index contributed by atoms with van der Waals surface area (Å²) in [5, 5.41) is 9.83. The summed E-state index contributed by atoms with van der Waals surface area (Å²) in [5.41, 5.74) is 1.38. The van der Waals surface area contributed by atoms with Crippen molar-refractivity contribution in [2.75, 3.05) is 6.61 Å². The van der Waals surface area contributed by atoms with E-state index in [2.05, 4.69) is 13.0 Å². The molecule has 0 aromatic rings. The summed E-state index contributed by atoms with van der Waals surface area (Å²) in [6.45, 7) is 4.26. The first-order valence-electron chi connectivity index (χ1n) is 5.62. The van der Waals surface area contributed by atoms with Crippen molar-refractivity contribution >= 4 is 5.97 Å². The predicted octanol–water partition coefficient (Wildman–Crippen LogP) is 2.05. The lowest BCUT2D eigenvalue weighted by Crippen LogP contribution is -2.25. The van der Waals surface area contributed by atoms with Crippen LogP contribution in [0.3, 0.4) is 0 Å². The molecule has 15 heavy (non-hydrogen) atoms. The van der Waals surface area contributed by atoms with Gasteiger partial charge in [-0.05, 0) is 39.0 Å². The fourth-order valence-corrected chi connectivity index (χ4v) is 1.89. The van der Waals surface area contributed by atoms with Crippen LogP contribution in [-0.4, -0.2) is 23.8 Å². The SMILES string of the molecule is CCOC(=O)CC(O)C1CC=C(C)CC1. The molecule has 0 spiro atoms. The van der Waals surface area contributed by atoms with Crippen LogP contribution in [0.15, 0.2) is 11.6 Å². The Morgan fingerprint density at radius 3 is 3.00 bits per heavy atom. The van der Waals surface area contributed by atoms with Gasteiger partial charge in [0.2, 0.25) is 0 Å². The summed E-state index contributed by atoms with van der Waals surface area (Å²) in [4.78, 5) is 11.2. The third kappa shape index (κ3) is 4.04. The third-order valence-electron chi connectivity index (χ3n) is 2.90. The standard InChI is InChI=1S/C12H20O3/c1-3-15-12(14)8-11(13)10-6-4-9(2)5-7-10/h4,10-11,13H,3,5-8H2,1-2H3. The van der Waals surface area contributed by atoms with Crippen molar-refractivity contribution in [3.8, 4) is 0 Å². The molecular weight excluding hydrogens is 192 g/mol. The van der Waals surface area contributed by atoms with Crippen LogP contribution in [0.1, 0.15) is 39.5 Å². The summed E-state index contributed by atoms with van der Waals surface area (Å²) in [7, 11) is 0. The molecule has 1 rings (SSSR count). The van der Waals surface area contributed by atoms with Gasteiger partial charge in [0.15, 0.2) is 0 Å². The van der Waals surface area contributed by atoms with Gasteiger partial charge in [-0.2, -0.15) is 0 Å². The van der Waals surface area contributed by atoms with Crippen LogP contribution >= 0.6 is 0 Å². The second-order valence-electron chi connectivity index (χ2n) is 4.16. The van der Waals surface area contributed by atoms with Gasteiger partial charge in [0, 0.05) is 0 Å². The molecule has 0 aliphatic heterocycles. The number of hydrogen-bond donors (Lipinski definition) is 1. The van der Waals surface area contributed by atoms with Gasteiger partial charge in [0.25, 0.3) is 0 Å². The molecule has 0 aromatic heterocycles. The van der Waals surface area contributed by atoms with Crippen LogP contribution in [0, 0.1) is 5.92 Å². The molecule has 0 amide bonds. The van der Waals surface area contributed by atoms with Crippen molar-refractivity contribution in [2.45, 2.75) is 45.6 Å². The molecule has 1 aliphatic carbocycles. The molecular formula is C12H20O3. The normalized spacial score (nSPS) is 23.1. The number of hydrogen-bond acceptors (Lipinski definition) is 3. The maximum Gasteiger partial charge on any atom is 0.308 e. The summed E-state index contributed by atoms with van der Waals surface area (Å²) < 4.78 is 4.81. The molecule has 0 radical (unpaired) electrons. The molecule has 0 heterocycles. The summed E-state index contributed by atoms with van der Waals surface area (Å²) >= 11 is 0. The highest BCUT2D eigenvalue weighted by molar-refractivity contribution is 5.69. The van der Waals surface area contributed by atoms with Crippen molar-refractivity contribution in [3.05, 3.63) is 11.6 Å². The number of aliphatic hydroxyl groups excluding tert-OH is 1. The molecule has 3 nitrogen and oxygen atoms in total. The number of carbonyl (C=O) groups is 1. The van der Waals surface area contributed by atoms with E-state index in [4.69, 9.17) is 4.74 Å². The fourth-order valence-electron chi connectivity index (χ4n) is 1.89. The van der Waals surface area contributed by atoms with Gasteiger partial charge in [-0.1, -0.05) is 11.6 Å². The molecule has 1 aliphatic rings. The highest BCUT2D eigenvalue weighted by atomic mass is 16.5. The van der Waals surface area contributed by atoms with Gasteiger partial charge in [0.1, 0.15) is 0 Å². The minimum atomic E-state index is -0.548. The number of esters is 1. The Labute approximate surface area is 91.1 Å². The quantitative estimate of drug-likeness (QED) is 0.573. The first-order chi connectivity index (χ1) is 7.13. The van der Waals surface area contributed by atoms with Crippen molar-refractivity contribution in [2.24, 2.45) is 5.92 Å². The van der Waals surface area contributed by atoms with Gasteiger partial charge in [-0.25, -0.2) is 0 Å². The Morgan fingerprint density at radius 2 is 2.47 bits per heavy atom. The number of carbonyl (C=O) groups excluding carboxylic acids is 1. The zero-order valence-corrected chi connectivity index (χ0v) is 9.53. The Kier molecular flexibility index (Phi) is 4.82. The lowest BCUT2D eigenvalue weighted by molar-refractivity contribution is -0.146. The summed E-state index contributed by atoms with van der Waals surface area (Å²) in [5.74, 6) is -0.0746. The predicted molar refractivity (Wildman–Crippen MR) is 58.4 cm³/mol. The van der Waals surface area contributed by atoms with Gasteiger partial charge < -0.3 is 9.84 Å². The first kappa shape index (κ1) is 12.2. The molecule has 1 N–H and O–H groups in total. The highest BCUT2D eigenvalue weighted by Crippen LogP contribution is 2.27. The van der Waals surface area contributed by atoms with E-state index in [1.165, 1.54) is 5.57 Å². The smallest absolute Gasteiger partial charge is 0.308 e. The summed E-state index contributed by atoms with van der Waals surface area (Å²) in [6, 6.07) is 0. The van der Waals surface area contributed by atoms with E-state index >= 15 is 0 Å². The van der Waals surface area contributed by atoms with Gasteiger partial charge in [-0.15, -0.1) is 0 Å². The van der Waals surface area contributed by atoms with Crippen molar-refractivity contribution in [1.29, 1.82) is 0 Å². The van der Waals surface area contributed by atoms with E-state index in [1.807, 2.05) is 0 Å². The van der Waals surface area contributed by atoms with Crippen LogP contribution < -0.4 is 0 Å². The molecule has 2 atom stereocenters. The number of allylic oxidation sites excluding steroid dienone is 2. The number of ether oxygens (including phenoxy) is 1. The van der Waals surface area contributed by atoms with E-state index in [0.29, 0.717) is 6.61 Å². The minimum Gasteiger partial charge on any atom is -0.466 e. The average molecular weight is 212 g/mol. The van der Waals surface area contributed by atoms with Gasteiger partial charge in [0.05, 0.1) is 19.1 Å². The molecule has 3 heteroatoms. The van der Waals surface area contributed by atoms with E-state index in [1.54, 1.807) is 6.92 Å². The highest BCUT2D eigenvalue weighted by Gasteiger charge is 2.23. The Morgan fingerprint density at radius 1 is 1.73 bits per heavy atom. The first-order valence-corrected chi connectivity index (χ1v) is 5.62. The minimum absolute atomic E-state index is 0.130. The van der Waals surface area contributed by atoms with E-state index in [0.717, 1.165) is 19.3 Å². The van der Waals surface area contributed by atoms with Crippen molar-refractivity contribution in [3.63, 3.8) is 0 Å². The third-order valence-corrected chi connectivity index (χ3v) is 2.90.